The molecule has 4 aromatic rings. The van der Waals surface area contributed by atoms with E-state index in [9.17, 15) is 14.4 Å². The number of aromatic nitrogens is 2. The van der Waals surface area contributed by atoms with Crippen molar-refractivity contribution in [2.24, 2.45) is 0 Å². The van der Waals surface area contributed by atoms with Crippen LogP contribution in [0.4, 0.5) is 5.69 Å². The Kier molecular flexibility index (Phi) is 8.80. The molecule has 1 unspecified atom stereocenters. The summed E-state index contributed by atoms with van der Waals surface area (Å²) in [5.74, 6) is -0.261. The Morgan fingerprint density at radius 3 is 2.24 bits per heavy atom. The summed E-state index contributed by atoms with van der Waals surface area (Å²) in [6.45, 7) is 8.98. The van der Waals surface area contributed by atoms with Gasteiger partial charge in [-0.15, -0.1) is 0 Å². The summed E-state index contributed by atoms with van der Waals surface area (Å²) < 4.78 is 7.07. The maximum absolute atomic E-state index is 13.8. The fourth-order valence-electron chi connectivity index (χ4n) is 5.33. The Labute approximate surface area is 245 Å². The first kappa shape index (κ1) is 29.2. The van der Waals surface area contributed by atoms with Crippen molar-refractivity contribution in [3.05, 3.63) is 93.9 Å². The molecule has 0 bridgehead atoms. The quantitative estimate of drug-likeness (QED) is 0.343. The molecule has 1 fully saturated rings. The lowest BCUT2D eigenvalue weighted by Gasteiger charge is -2.35. The molecule has 218 valence electrons. The Bertz CT molecular complexity index is 1640. The van der Waals surface area contributed by atoms with Gasteiger partial charge >= 0.3 is 0 Å². The van der Waals surface area contributed by atoms with Crippen LogP contribution in [0.1, 0.15) is 29.7 Å². The fourth-order valence-corrected chi connectivity index (χ4v) is 5.33. The van der Waals surface area contributed by atoms with Gasteiger partial charge in [0.15, 0.2) is 0 Å². The number of anilines is 1. The zero-order chi connectivity index (χ0) is 29.8. The largest absolute Gasteiger partial charge is 0.379 e. The molecule has 3 aromatic carbocycles. The highest BCUT2D eigenvalue weighted by Gasteiger charge is 2.26. The standard InChI is InChI=1S/C33H37N5O4/c1-22-17-29-30(18-23(22)2)38(32(40)19-34-29)21-33(41)36(4)31(20-37-13-15-42-16-14-37)27-7-5-25(6-8-27)26-9-11-28(12-10-26)35-24(3)39/h5-12,17-19,31H,13-16,20-21H2,1-4H3,(H,35,39). The number of aryl methyl sites for hydroxylation is 2. The average Bonchev–Trinajstić information content (AvgIpc) is 2.99. The SMILES string of the molecule is CC(=O)Nc1ccc(-c2ccc(C(CN3CCOCC3)N(C)C(=O)Cn3c(=O)cnc4cc(C)c(C)cc43)cc2)cc1. The van der Waals surface area contributed by atoms with E-state index >= 15 is 0 Å². The number of carbonyl (C=O) groups is 2. The lowest BCUT2D eigenvalue weighted by molar-refractivity contribution is -0.133. The minimum absolute atomic E-state index is 0.0742. The van der Waals surface area contributed by atoms with Crippen molar-refractivity contribution in [1.82, 2.24) is 19.4 Å². The highest BCUT2D eigenvalue weighted by Crippen LogP contribution is 2.27. The predicted molar refractivity (Wildman–Crippen MR) is 164 cm³/mol. The Hall–Kier alpha value is -4.34. The second-order valence-electron chi connectivity index (χ2n) is 10.9. The summed E-state index contributed by atoms with van der Waals surface area (Å²) in [6.07, 6.45) is 1.29. The molecule has 42 heavy (non-hydrogen) atoms. The van der Waals surface area contributed by atoms with Gasteiger partial charge in [-0.3, -0.25) is 23.9 Å². The van der Waals surface area contributed by atoms with Crippen LogP contribution in [0.5, 0.6) is 0 Å². The third-order valence-corrected chi connectivity index (χ3v) is 7.98. The van der Waals surface area contributed by atoms with Gasteiger partial charge in [0, 0.05) is 39.3 Å². The number of amides is 2. The summed E-state index contributed by atoms with van der Waals surface area (Å²) in [6, 6.07) is 19.6. The first-order valence-corrected chi connectivity index (χ1v) is 14.2. The first-order valence-electron chi connectivity index (χ1n) is 14.2. The van der Waals surface area contributed by atoms with E-state index in [1.807, 2.05) is 57.3 Å². The molecule has 0 saturated carbocycles. The van der Waals surface area contributed by atoms with E-state index in [2.05, 4.69) is 39.5 Å². The second kappa shape index (κ2) is 12.7. The minimum atomic E-state index is -0.300. The number of nitrogens with one attached hydrogen (secondary N) is 1. The van der Waals surface area contributed by atoms with Gasteiger partial charge in [0.2, 0.25) is 11.8 Å². The van der Waals surface area contributed by atoms with Crippen LogP contribution in [-0.2, 0) is 20.9 Å². The van der Waals surface area contributed by atoms with Gasteiger partial charge in [-0.1, -0.05) is 36.4 Å². The molecular formula is C33H37N5O4. The molecule has 1 saturated heterocycles. The van der Waals surface area contributed by atoms with Gasteiger partial charge < -0.3 is 15.0 Å². The van der Waals surface area contributed by atoms with Crippen LogP contribution in [0.3, 0.4) is 0 Å². The van der Waals surface area contributed by atoms with Crippen molar-refractivity contribution in [3.63, 3.8) is 0 Å². The molecular weight excluding hydrogens is 530 g/mol. The molecule has 1 aliphatic rings. The van der Waals surface area contributed by atoms with Gasteiger partial charge in [0.1, 0.15) is 6.54 Å². The summed E-state index contributed by atoms with van der Waals surface area (Å²) >= 11 is 0. The number of hydrogen-bond donors (Lipinski definition) is 1. The molecule has 0 radical (unpaired) electrons. The minimum Gasteiger partial charge on any atom is -0.379 e. The number of ether oxygens (including phenoxy) is 1. The molecule has 2 amide bonds. The molecule has 0 spiro atoms. The first-order chi connectivity index (χ1) is 20.2. The molecule has 1 aliphatic heterocycles. The zero-order valence-electron chi connectivity index (χ0n) is 24.6. The summed E-state index contributed by atoms with van der Waals surface area (Å²) in [5, 5.41) is 2.79. The molecule has 1 atom stereocenters. The van der Waals surface area contributed by atoms with E-state index < -0.39 is 0 Å². The number of nitrogens with zero attached hydrogens (tertiary/aromatic N) is 4. The summed E-state index contributed by atoms with van der Waals surface area (Å²) in [5.41, 5.74) is 7.00. The van der Waals surface area contributed by atoms with Crippen molar-refractivity contribution in [2.45, 2.75) is 33.4 Å². The van der Waals surface area contributed by atoms with Crippen molar-refractivity contribution in [2.75, 3.05) is 45.2 Å². The molecule has 5 rings (SSSR count). The molecule has 1 N–H and O–H groups in total. The fraction of sp³-hybridized carbons (Fsp3) is 0.333. The third-order valence-electron chi connectivity index (χ3n) is 7.98. The maximum atomic E-state index is 13.8. The van der Waals surface area contributed by atoms with Gasteiger partial charge in [-0.2, -0.15) is 0 Å². The lowest BCUT2D eigenvalue weighted by atomic mass is 9.99. The number of hydrogen-bond acceptors (Lipinski definition) is 6. The molecule has 1 aromatic heterocycles. The Morgan fingerprint density at radius 2 is 1.60 bits per heavy atom. The van der Waals surface area contributed by atoms with Crippen molar-refractivity contribution in [1.29, 1.82) is 0 Å². The van der Waals surface area contributed by atoms with Crippen LogP contribution in [0.2, 0.25) is 0 Å². The van der Waals surface area contributed by atoms with Crippen LogP contribution in [0.15, 0.2) is 71.7 Å². The highest BCUT2D eigenvalue weighted by atomic mass is 16.5. The number of likely N-dealkylation sites (N-methyl/N-ethyl adjacent to an activating group) is 1. The average molecular weight is 568 g/mol. The third kappa shape index (κ3) is 6.58. The normalized spacial score (nSPS) is 14.5. The topological polar surface area (TPSA) is 96.8 Å². The number of rotatable bonds is 8. The van der Waals surface area contributed by atoms with E-state index in [-0.39, 0.29) is 30.0 Å². The highest BCUT2D eigenvalue weighted by molar-refractivity contribution is 5.89. The van der Waals surface area contributed by atoms with E-state index in [0.717, 1.165) is 46.6 Å². The Morgan fingerprint density at radius 1 is 0.976 bits per heavy atom. The van der Waals surface area contributed by atoms with Crippen LogP contribution >= 0.6 is 0 Å². The number of morpholine rings is 1. The number of carbonyl (C=O) groups excluding carboxylic acids is 2. The summed E-state index contributed by atoms with van der Waals surface area (Å²) in [4.78, 5) is 46.4. The monoisotopic (exact) mass is 567 g/mol. The predicted octanol–water partition coefficient (Wildman–Crippen LogP) is 4.17. The molecule has 2 heterocycles. The maximum Gasteiger partial charge on any atom is 0.269 e. The Balaban J connectivity index is 1.41. The zero-order valence-corrected chi connectivity index (χ0v) is 24.6. The van der Waals surface area contributed by atoms with E-state index in [1.54, 1.807) is 4.90 Å². The van der Waals surface area contributed by atoms with Gasteiger partial charge in [0.05, 0.1) is 36.5 Å². The van der Waals surface area contributed by atoms with E-state index in [4.69, 9.17) is 4.74 Å². The second-order valence-corrected chi connectivity index (χ2v) is 10.9. The molecule has 9 nitrogen and oxygen atoms in total. The van der Waals surface area contributed by atoms with Gasteiger partial charge in [-0.05, 0) is 65.9 Å². The molecule has 9 heteroatoms. The number of fused-ring (bicyclic) bond motifs is 1. The smallest absolute Gasteiger partial charge is 0.269 e. The van der Waals surface area contributed by atoms with E-state index in [0.29, 0.717) is 30.8 Å². The van der Waals surface area contributed by atoms with Crippen LogP contribution in [-0.4, -0.2) is 71.1 Å². The van der Waals surface area contributed by atoms with E-state index in [1.165, 1.54) is 17.7 Å². The van der Waals surface area contributed by atoms with Gasteiger partial charge in [0.25, 0.3) is 5.56 Å². The molecule has 0 aliphatic carbocycles. The van der Waals surface area contributed by atoms with Crippen molar-refractivity contribution < 1.29 is 14.3 Å². The lowest BCUT2D eigenvalue weighted by Crippen LogP contribution is -2.45. The van der Waals surface area contributed by atoms with Crippen LogP contribution in [0, 0.1) is 13.8 Å². The van der Waals surface area contributed by atoms with Gasteiger partial charge in [-0.25, -0.2) is 4.98 Å². The van der Waals surface area contributed by atoms with Crippen molar-refractivity contribution >= 4 is 28.5 Å². The van der Waals surface area contributed by atoms with Crippen LogP contribution in [0.25, 0.3) is 22.2 Å². The van der Waals surface area contributed by atoms with Crippen molar-refractivity contribution in [3.8, 4) is 11.1 Å². The van der Waals surface area contributed by atoms with Crippen LogP contribution < -0.4 is 10.9 Å². The number of benzene rings is 3. The summed E-state index contributed by atoms with van der Waals surface area (Å²) in [7, 11) is 1.81.